The van der Waals surface area contributed by atoms with Crippen LogP contribution in [0, 0.1) is 52.3 Å². The predicted molar refractivity (Wildman–Crippen MR) is 204 cm³/mol. The summed E-state index contributed by atoms with van der Waals surface area (Å²) < 4.78 is 27.6. The second-order valence-corrected chi connectivity index (χ2v) is 17.4. The molecule has 0 heterocycles. The quantitative estimate of drug-likeness (QED) is 0.115. The van der Waals surface area contributed by atoms with Crippen molar-refractivity contribution in [1.29, 1.82) is 0 Å². The molecule has 5 rings (SSSR count). The number of ether oxygens (including phenoxy) is 5. The van der Waals surface area contributed by atoms with Gasteiger partial charge in [-0.15, -0.1) is 0 Å². The Kier molecular flexibility index (Phi) is 13.7. The van der Waals surface area contributed by atoms with Gasteiger partial charge in [-0.25, -0.2) is 19.8 Å². The number of benzene rings is 1. The van der Waals surface area contributed by atoms with Crippen molar-refractivity contribution < 1.29 is 47.7 Å². The van der Waals surface area contributed by atoms with Crippen LogP contribution in [-0.4, -0.2) is 69.6 Å². The van der Waals surface area contributed by atoms with Crippen LogP contribution in [0.4, 0.5) is 9.59 Å². The third-order valence-corrected chi connectivity index (χ3v) is 14.1. The lowest BCUT2D eigenvalue weighted by molar-refractivity contribution is -0.175. The van der Waals surface area contributed by atoms with E-state index in [0.29, 0.717) is 67.6 Å². The van der Waals surface area contributed by atoms with E-state index < -0.39 is 36.2 Å². The fraction of sp³-hybridized carbons (Fsp3) is 0.738. The van der Waals surface area contributed by atoms with E-state index in [1.54, 1.807) is 24.3 Å². The van der Waals surface area contributed by atoms with E-state index in [4.69, 9.17) is 23.7 Å². The van der Waals surface area contributed by atoms with Crippen molar-refractivity contribution in [3.8, 4) is 5.75 Å². The van der Waals surface area contributed by atoms with Gasteiger partial charge in [0.25, 0.3) is 5.91 Å². The van der Waals surface area contributed by atoms with Crippen LogP contribution in [0.15, 0.2) is 24.3 Å². The smallest absolute Gasteiger partial charge is 0.426 e. The number of nitrogens with one attached hydrogen (secondary N) is 3. The molecule has 4 aliphatic rings. The lowest BCUT2D eigenvalue weighted by Crippen LogP contribution is -2.60. The molecule has 11 atom stereocenters. The number of alkyl carbamates (subject to hydrolysis) is 1. The molecule has 3 N–H and O–H groups in total. The summed E-state index contributed by atoms with van der Waals surface area (Å²) in [7, 11) is 4.22. The number of carbonyl (C=O) groups is 5. The monoisotopic (exact) mass is 769 g/mol. The van der Waals surface area contributed by atoms with E-state index in [2.05, 4.69) is 36.9 Å². The molecule has 306 valence electrons. The fourth-order valence-corrected chi connectivity index (χ4v) is 11.4. The summed E-state index contributed by atoms with van der Waals surface area (Å²) in [6.45, 7) is 10.9. The Morgan fingerprint density at radius 3 is 2.27 bits per heavy atom. The molecule has 13 heteroatoms. The molecule has 1 aromatic rings. The first kappa shape index (κ1) is 42.1. The molecule has 4 fully saturated rings. The van der Waals surface area contributed by atoms with Crippen LogP contribution in [0.2, 0.25) is 0 Å². The van der Waals surface area contributed by atoms with Gasteiger partial charge in [0.2, 0.25) is 0 Å². The highest BCUT2D eigenvalue weighted by Crippen LogP contribution is 2.69. The lowest BCUT2D eigenvalue weighted by atomic mass is 9.43. The SMILES string of the molecule is COC(=O)CC[C@@H](C)[C@H]1CC[C@H]2[C@@H]3CC[C@@H]4C[C@H](OC(=O)NNC(=O)c5ccccc5OC)CC[C@]4(C)[C@H]3C[C@H](OC(=O)N[C@@H](CC(C)C)C(=O)OC)[C@]12C. The number of esters is 2. The number of para-hydroxylation sites is 1. The summed E-state index contributed by atoms with van der Waals surface area (Å²) in [5.41, 5.74) is 4.75. The first-order chi connectivity index (χ1) is 26.2. The van der Waals surface area contributed by atoms with Gasteiger partial charge < -0.3 is 29.0 Å². The van der Waals surface area contributed by atoms with Gasteiger partial charge in [-0.1, -0.05) is 46.8 Å². The highest BCUT2D eigenvalue weighted by atomic mass is 16.6. The average Bonchev–Trinajstić information content (AvgIpc) is 3.53. The van der Waals surface area contributed by atoms with Gasteiger partial charge in [-0.05, 0) is 123 Å². The van der Waals surface area contributed by atoms with Gasteiger partial charge >= 0.3 is 24.1 Å². The topological polar surface area (TPSA) is 168 Å². The molecule has 0 bridgehead atoms. The minimum absolute atomic E-state index is 0.0580. The van der Waals surface area contributed by atoms with Crippen LogP contribution in [0.3, 0.4) is 0 Å². The van der Waals surface area contributed by atoms with Crippen LogP contribution >= 0.6 is 0 Å². The standard InChI is InChI=1S/C42H63N3O10/c1-24(2)21-33(38(48)53-8)43-39(49)55-35-23-32-28(31-17-16-30(42(31,35)5)25(3)13-18-36(46)52-7)15-14-26-22-27(19-20-41(26,32)4)54-40(50)45-44-37(47)29-11-9-10-12-34(29)51-6/h9-12,24-28,30-33,35H,13-23H2,1-8H3,(H,43,49)(H,44,47)(H,45,50)/t25-,26-,27-,28+,30-,31+,32+,33+,35+,41+,42-/m1/s1. The van der Waals surface area contributed by atoms with E-state index >= 15 is 0 Å². The second kappa shape index (κ2) is 17.8. The number of carbonyl (C=O) groups excluding carboxylic acids is 5. The van der Waals surface area contributed by atoms with E-state index in [0.717, 1.165) is 32.1 Å². The predicted octanol–water partition coefficient (Wildman–Crippen LogP) is 6.98. The molecular formula is C42H63N3O10. The normalized spacial score (nSPS) is 32.0. The molecular weight excluding hydrogens is 706 g/mol. The first-order valence-corrected chi connectivity index (χ1v) is 20.2. The number of hydrogen-bond donors (Lipinski definition) is 3. The van der Waals surface area contributed by atoms with Crippen molar-refractivity contribution in [3.63, 3.8) is 0 Å². The molecule has 4 aliphatic carbocycles. The van der Waals surface area contributed by atoms with Gasteiger partial charge in [-0.3, -0.25) is 15.0 Å². The average molecular weight is 770 g/mol. The maximum atomic E-state index is 13.8. The molecule has 0 aromatic heterocycles. The Labute approximate surface area is 326 Å². The van der Waals surface area contributed by atoms with Crippen LogP contribution in [0.25, 0.3) is 0 Å². The summed E-state index contributed by atoms with van der Waals surface area (Å²) in [6, 6.07) is 5.94. The van der Waals surface area contributed by atoms with Crippen molar-refractivity contribution in [2.24, 2.45) is 52.3 Å². The van der Waals surface area contributed by atoms with E-state index in [9.17, 15) is 24.0 Å². The minimum atomic E-state index is -0.811. The first-order valence-electron chi connectivity index (χ1n) is 20.2. The molecule has 0 saturated heterocycles. The maximum Gasteiger partial charge on any atom is 0.426 e. The number of methoxy groups -OCH3 is 3. The van der Waals surface area contributed by atoms with Crippen molar-refractivity contribution in [1.82, 2.24) is 16.2 Å². The Hall–Kier alpha value is -4.03. The van der Waals surface area contributed by atoms with Crippen molar-refractivity contribution >= 4 is 30.0 Å². The zero-order valence-electron chi connectivity index (χ0n) is 33.9. The third kappa shape index (κ3) is 9.01. The highest BCUT2D eigenvalue weighted by Gasteiger charge is 2.65. The van der Waals surface area contributed by atoms with Gasteiger partial charge in [0.05, 0.1) is 26.9 Å². The highest BCUT2D eigenvalue weighted by molar-refractivity contribution is 5.97. The van der Waals surface area contributed by atoms with Crippen molar-refractivity contribution in [2.45, 2.75) is 123 Å². The summed E-state index contributed by atoms with van der Waals surface area (Å²) in [6.07, 6.45) is 6.48. The Morgan fingerprint density at radius 2 is 1.58 bits per heavy atom. The molecule has 13 nitrogen and oxygen atoms in total. The van der Waals surface area contributed by atoms with Crippen molar-refractivity contribution in [3.05, 3.63) is 29.8 Å². The molecule has 0 radical (unpaired) electrons. The van der Waals surface area contributed by atoms with Crippen LogP contribution in [0.5, 0.6) is 5.75 Å². The zero-order chi connectivity index (χ0) is 40.1. The van der Waals surface area contributed by atoms with Crippen LogP contribution in [0.1, 0.15) is 116 Å². The van der Waals surface area contributed by atoms with Gasteiger partial charge in [0, 0.05) is 11.8 Å². The van der Waals surface area contributed by atoms with Crippen LogP contribution < -0.4 is 20.9 Å². The zero-order valence-corrected chi connectivity index (χ0v) is 33.9. The van der Waals surface area contributed by atoms with Crippen molar-refractivity contribution in [2.75, 3.05) is 21.3 Å². The summed E-state index contributed by atoms with van der Waals surface area (Å²) in [4.78, 5) is 64.2. The number of rotatable bonds is 12. The summed E-state index contributed by atoms with van der Waals surface area (Å²) >= 11 is 0. The minimum Gasteiger partial charge on any atom is -0.496 e. The third-order valence-electron chi connectivity index (χ3n) is 14.1. The number of hydrazine groups is 1. The Balaban J connectivity index is 1.30. The summed E-state index contributed by atoms with van der Waals surface area (Å²) in [5, 5.41) is 2.85. The molecule has 1 aromatic carbocycles. The fourth-order valence-electron chi connectivity index (χ4n) is 11.4. The van der Waals surface area contributed by atoms with E-state index in [1.807, 2.05) is 13.8 Å². The molecule has 4 saturated carbocycles. The molecule has 3 amide bonds. The lowest BCUT2D eigenvalue weighted by Gasteiger charge is -2.62. The van der Waals surface area contributed by atoms with Gasteiger partial charge in [-0.2, -0.15) is 0 Å². The Bertz CT molecular complexity index is 1550. The summed E-state index contributed by atoms with van der Waals surface area (Å²) in [5.74, 6) is 1.13. The number of amides is 3. The number of fused-ring (bicyclic) bond motifs is 5. The molecule has 55 heavy (non-hydrogen) atoms. The Morgan fingerprint density at radius 1 is 0.836 bits per heavy atom. The largest absolute Gasteiger partial charge is 0.496 e. The molecule has 0 aliphatic heterocycles. The maximum absolute atomic E-state index is 13.8. The van der Waals surface area contributed by atoms with Gasteiger partial charge in [0.1, 0.15) is 24.0 Å². The van der Waals surface area contributed by atoms with E-state index in [1.165, 1.54) is 21.3 Å². The molecule has 0 unspecified atom stereocenters. The van der Waals surface area contributed by atoms with E-state index in [-0.39, 0.29) is 46.6 Å². The number of hydrogen-bond acceptors (Lipinski definition) is 10. The van der Waals surface area contributed by atoms with Crippen LogP contribution in [-0.2, 0) is 28.5 Å². The van der Waals surface area contributed by atoms with Gasteiger partial charge in [0.15, 0.2) is 0 Å². The molecule has 0 spiro atoms. The second-order valence-electron chi connectivity index (χ2n) is 17.4.